The largest absolute Gasteiger partial charge is 0.329 e. The number of rotatable bonds is 2. The van der Waals surface area contributed by atoms with Crippen LogP contribution in [0.25, 0.3) is 0 Å². The van der Waals surface area contributed by atoms with Gasteiger partial charge in [-0.15, -0.1) is 0 Å². The van der Waals surface area contributed by atoms with Crippen molar-refractivity contribution in [1.29, 1.82) is 0 Å². The van der Waals surface area contributed by atoms with Crippen LogP contribution in [0.2, 0.25) is 0 Å². The highest BCUT2D eigenvalue weighted by Gasteiger charge is 1.83. The Bertz CT molecular complexity index is 186. The van der Waals surface area contributed by atoms with Gasteiger partial charge in [-0.3, -0.25) is 9.78 Å². The van der Waals surface area contributed by atoms with Crippen LogP contribution in [0.4, 0.5) is 5.69 Å². The molecule has 1 radical (unpaired) electrons. The van der Waals surface area contributed by atoms with E-state index in [2.05, 4.69) is 16.5 Å². The summed E-state index contributed by atoms with van der Waals surface area (Å²) in [7, 11) is 0. The van der Waals surface area contributed by atoms with Crippen molar-refractivity contribution in [3.05, 3.63) is 24.5 Å². The molecule has 0 aliphatic heterocycles. The van der Waals surface area contributed by atoms with Crippen LogP contribution in [0.1, 0.15) is 0 Å². The Morgan fingerprint density at radius 2 is 2.67 bits per heavy atom. The molecule has 0 aromatic carbocycles. The zero-order valence-corrected chi connectivity index (χ0v) is 4.66. The van der Waals surface area contributed by atoms with Crippen LogP contribution >= 0.6 is 0 Å². The van der Waals surface area contributed by atoms with Crippen LogP contribution in [0.3, 0.4) is 0 Å². The lowest BCUT2D eigenvalue weighted by Gasteiger charge is -1.92. The molecule has 0 saturated carbocycles. The molecule has 3 nitrogen and oxygen atoms in total. The van der Waals surface area contributed by atoms with Crippen LogP contribution in [-0.2, 0) is 4.79 Å². The normalized spacial score (nSPS) is 8.44. The summed E-state index contributed by atoms with van der Waals surface area (Å²) in [5.41, 5.74) is 0.708. The molecule has 0 spiro atoms. The summed E-state index contributed by atoms with van der Waals surface area (Å²) in [4.78, 5) is 13.5. The molecular formula is C6H5N2O. The lowest BCUT2D eigenvalue weighted by molar-refractivity contribution is -0.105. The summed E-state index contributed by atoms with van der Waals surface area (Å²) in [6.07, 6.45) is 4.75. The van der Waals surface area contributed by atoms with E-state index in [9.17, 15) is 4.79 Å². The molecule has 45 valence electrons. The molecular weight excluding hydrogens is 116 g/mol. The van der Waals surface area contributed by atoms with Gasteiger partial charge in [0.1, 0.15) is 0 Å². The monoisotopic (exact) mass is 121 g/mol. The lowest BCUT2D eigenvalue weighted by atomic mass is 10.4. The standard InChI is InChI=1S/C6H5N2O/c9-5-8-6-1-3-7-4-2-6/h1-3,5H,(H,7,8,9). The van der Waals surface area contributed by atoms with Gasteiger partial charge in [0, 0.05) is 11.9 Å². The Morgan fingerprint density at radius 1 is 1.78 bits per heavy atom. The fourth-order valence-corrected chi connectivity index (χ4v) is 0.473. The molecule has 0 atom stereocenters. The topological polar surface area (TPSA) is 42.0 Å². The van der Waals surface area contributed by atoms with E-state index in [4.69, 9.17) is 0 Å². The smallest absolute Gasteiger partial charge is 0.211 e. The van der Waals surface area contributed by atoms with Gasteiger partial charge >= 0.3 is 0 Å². The Hall–Kier alpha value is -1.38. The third-order valence-electron chi connectivity index (χ3n) is 0.849. The van der Waals surface area contributed by atoms with Crippen LogP contribution < -0.4 is 5.32 Å². The summed E-state index contributed by atoms with van der Waals surface area (Å²) in [6.45, 7) is 0. The second-order valence-corrected chi connectivity index (χ2v) is 1.44. The SMILES string of the molecule is O=CNc1c[c]ncc1. The number of amides is 1. The van der Waals surface area contributed by atoms with Crippen molar-refractivity contribution in [2.45, 2.75) is 0 Å². The first kappa shape index (κ1) is 5.75. The average Bonchev–Trinajstić information content (AvgIpc) is 1.91. The minimum atomic E-state index is 0.614. The van der Waals surface area contributed by atoms with Gasteiger partial charge in [0.25, 0.3) is 0 Å². The van der Waals surface area contributed by atoms with Crippen LogP contribution in [-0.4, -0.2) is 11.4 Å². The molecule has 0 saturated heterocycles. The Kier molecular flexibility index (Phi) is 1.80. The first-order valence-electron chi connectivity index (χ1n) is 2.46. The second-order valence-electron chi connectivity index (χ2n) is 1.44. The Balaban J connectivity index is 2.72. The number of anilines is 1. The highest BCUT2D eigenvalue weighted by Crippen LogP contribution is 1.99. The quantitative estimate of drug-likeness (QED) is 0.577. The first-order chi connectivity index (χ1) is 4.43. The highest BCUT2D eigenvalue weighted by molar-refractivity contribution is 5.70. The number of carbonyl (C=O) groups excluding carboxylic acids is 1. The van der Waals surface area contributed by atoms with Gasteiger partial charge in [-0.05, 0) is 12.1 Å². The van der Waals surface area contributed by atoms with Gasteiger partial charge in [-0.1, -0.05) is 0 Å². The minimum Gasteiger partial charge on any atom is -0.329 e. The molecule has 0 fully saturated rings. The van der Waals surface area contributed by atoms with E-state index in [0.717, 1.165) is 0 Å². The van der Waals surface area contributed by atoms with E-state index in [1.54, 1.807) is 18.3 Å². The van der Waals surface area contributed by atoms with Crippen LogP contribution in [0.5, 0.6) is 0 Å². The lowest BCUT2D eigenvalue weighted by Crippen LogP contribution is -1.92. The van der Waals surface area contributed by atoms with Gasteiger partial charge < -0.3 is 5.32 Å². The van der Waals surface area contributed by atoms with E-state index >= 15 is 0 Å². The van der Waals surface area contributed by atoms with Crippen molar-refractivity contribution >= 4 is 12.1 Å². The molecule has 9 heavy (non-hydrogen) atoms. The van der Waals surface area contributed by atoms with Gasteiger partial charge in [-0.2, -0.15) is 0 Å². The maximum Gasteiger partial charge on any atom is 0.211 e. The molecule has 0 aliphatic carbocycles. The van der Waals surface area contributed by atoms with E-state index < -0.39 is 0 Å². The number of aromatic nitrogens is 1. The molecule has 1 aromatic heterocycles. The van der Waals surface area contributed by atoms with Gasteiger partial charge in [0.2, 0.25) is 6.41 Å². The van der Waals surface area contributed by atoms with E-state index in [0.29, 0.717) is 12.1 Å². The molecule has 1 amide bonds. The van der Waals surface area contributed by atoms with Crippen LogP contribution in [0.15, 0.2) is 18.3 Å². The van der Waals surface area contributed by atoms with E-state index in [1.807, 2.05) is 0 Å². The summed E-state index contributed by atoms with van der Waals surface area (Å²) in [5.74, 6) is 0. The average molecular weight is 121 g/mol. The third-order valence-corrected chi connectivity index (χ3v) is 0.849. The summed E-state index contributed by atoms with van der Waals surface area (Å²) in [6, 6.07) is 3.28. The fraction of sp³-hybridized carbons (Fsp3) is 0. The maximum absolute atomic E-state index is 9.83. The van der Waals surface area contributed by atoms with E-state index in [-0.39, 0.29) is 0 Å². The second kappa shape index (κ2) is 2.81. The van der Waals surface area contributed by atoms with E-state index in [1.165, 1.54) is 0 Å². The van der Waals surface area contributed by atoms with Gasteiger partial charge in [-0.25, -0.2) is 0 Å². The zero-order chi connectivity index (χ0) is 6.53. The van der Waals surface area contributed by atoms with Gasteiger partial charge in [0.15, 0.2) is 0 Å². The number of pyridine rings is 1. The fourth-order valence-electron chi connectivity index (χ4n) is 0.473. The molecule has 1 heterocycles. The van der Waals surface area contributed by atoms with Crippen molar-refractivity contribution in [3.63, 3.8) is 0 Å². The molecule has 1 aromatic rings. The number of carbonyl (C=O) groups is 1. The van der Waals surface area contributed by atoms with Crippen LogP contribution in [0, 0.1) is 6.20 Å². The number of nitrogens with one attached hydrogen (secondary N) is 1. The third kappa shape index (κ3) is 1.53. The highest BCUT2D eigenvalue weighted by atomic mass is 16.1. The number of nitrogens with zero attached hydrogens (tertiary/aromatic N) is 1. The molecule has 1 rings (SSSR count). The van der Waals surface area contributed by atoms with Crippen molar-refractivity contribution in [3.8, 4) is 0 Å². The Labute approximate surface area is 52.7 Å². The minimum absolute atomic E-state index is 0.614. The summed E-state index contributed by atoms with van der Waals surface area (Å²) < 4.78 is 0. The number of hydrogen-bond donors (Lipinski definition) is 1. The van der Waals surface area contributed by atoms with Crippen molar-refractivity contribution in [2.24, 2.45) is 0 Å². The molecule has 0 aliphatic rings. The number of hydrogen-bond acceptors (Lipinski definition) is 2. The Morgan fingerprint density at radius 3 is 3.22 bits per heavy atom. The molecule has 0 bridgehead atoms. The summed E-state index contributed by atoms with van der Waals surface area (Å²) in [5, 5.41) is 2.46. The maximum atomic E-state index is 9.83. The zero-order valence-electron chi connectivity index (χ0n) is 4.66. The molecule has 3 heteroatoms. The van der Waals surface area contributed by atoms with Gasteiger partial charge in [0.05, 0.1) is 6.20 Å². The van der Waals surface area contributed by atoms with Crippen molar-refractivity contribution in [1.82, 2.24) is 4.98 Å². The summed E-state index contributed by atoms with van der Waals surface area (Å²) >= 11 is 0. The molecule has 1 N–H and O–H groups in total. The molecule has 0 unspecified atom stereocenters. The van der Waals surface area contributed by atoms with Crippen molar-refractivity contribution < 1.29 is 4.79 Å². The van der Waals surface area contributed by atoms with Crippen molar-refractivity contribution in [2.75, 3.05) is 5.32 Å². The predicted molar refractivity (Wildman–Crippen MR) is 32.8 cm³/mol. The first-order valence-corrected chi connectivity index (χ1v) is 2.46. The predicted octanol–water partition coefficient (Wildman–Crippen LogP) is 0.450.